The Kier molecular flexibility index (Phi) is 3.06. The summed E-state index contributed by atoms with van der Waals surface area (Å²) in [6.45, 7) is 3.87. The van der Waals surface area contributed by atoms with Gasteiger partial charge in [-0.25, -0.2) is 9.78 Å². The van der Waals surface area contributed by atoms with E-state index in [4.69, 9.17) is 4.42 Å². The quantitative estimate of drug-likeness (QED) is 0.776. The zero-order chi connectivity index (χ0) is 14.3. The molecule has 0 bridgehead atoms. The number of aromatic nitrogens is 1. The van der Waals surface area contributed by atoms with Gasteiger partial charge in [0.1, 0.15) is 10.5 Å². The molecule has 2 heterocycles. The molecule has 102 valence electrons. The van der Waals surface area contributed by atoms with Crippen LogP contribution in [0.2, 0.25) is 0 Å². The van der Waals surface area contributed by atoms with Crippen molar-refractivity contribution in [1.82, 2.24) is 4.98 Å². The number of hydrogen-bond acceptors (Lipinski definition) is 4. The number of nitrogens with zero attached hydrogens (tertiary/aromatic N) is 1. The van der Waals surface area contributed by atoms with Crippen molar-refractivity contribution in [3.05, 3.63) is 40.9 Å². The third-order valence-electron chi connectivity index (χ3n) is 3.03. The Morgan fingerprint density at radius 2 is 2.10 bits per heavy atom. The van der Waals surface area contributed by atoms with E-state index < -0.39 is 5.97 Å². The lowest BCUT2D eigenvalue weighted by atomic mass is 10.1. The fourth-order valence-electron chi connectivity index (χ4n) is 2.07. The van der Waals surface area contributed by atoms with E-state index in [0.717, 1.165) is 22.3 Å². The number of hydrogen-bond donors (Lipinski definition) is 1. The summed E-state index contributed by atoms with van der Waals surface area (Å²) in [4.78, 5) is 16.0. The molecule has 3 aromatic rings. The number of carboxylic acids is 1. The van der Waals surface area contributed by atoms with Gasteiger partial charge in [-0.3, -0.25) is 0 Å². The minimum Gasteiger partial charge on any atom is -0.477 e. The average molecular weight is 287 g/mol. The number of thiazole rings is 1. The molecule has 0 radical (unpaired) electrons. The summed E-state index contributed by atoms with van der Waals surface area (Å²) in [7, 11) is 0. The minimum atomic E-state index is -0.937. The molecule has 1 N–H and O–H groups in total. The van der Waals surface area contributed by atoms with Crippen LogP contribution >= 0.6 is 11.3 Å². The van der Waals surface area contributed by atoms with E-state index in [9.17, 15) is 9.90 Å². The smallest absolute Gasteiger partial charge is 0.347 e. The van der Waals surface area contributed by atoms with Crippen molar-refractivity contribution in [3.63, 3.8) is 0 Å². The number of benzene rings is 1. The van der Waals surface area contributed by atoms with Crippen molar-refractivity contribution < 1.29 is 14.3 Å². The number of rotatable bonds is 3. The van der Waals surface area contributed by atoms with Gasteiger partial charge in [0.05, 0.1) is 5.69 Å². The molecule has 0 amide bonds. The van der Waals surface area contributed by atoms with Gasteiger partial charge in [0.2, 0.25) is 0 Å². The third kappa shape index (κ3) is 2.10. The maximum absolute atomic E-state index is 11.3. The summed E-state index contributed by atoms with van der Waals surface area (Å²) in [6.07, 6.45) is 0. The second-order valence-corrected chi connectivity index (χ2v) is 5.84. The van der Waals surface area contributed by atoms with E-state index in [1.54, 1.807) is 0 Å². The van der Waals surface area contributed by atoms with E-state index in [1.165, 1.54) is 0 Å². The maximum atomic E-state index is 11.3. The van der Waals surface area contributed by atoms with Crippen LogP contribution < -0.4 is 0 Å². The molecule has 20 heavy (non-hydrogen) atoms. The highest BCUT2D eigenvalue weighted by Gasteiger charge is 2.21. The van der Waals surface area contributed by atoms with Crippen molar-refractivity contribution in [3.8, 4) is 10.8 Å². The molecule has 0 saturated heterocycles. The lowest BCUT2D eigenvalue weighted by Crippen LogP contribution is -2.00. The Balaban J connectivity index is 2.14. The van der Waals surface area contributed by atoms with Gasteiger partial charge in [0.15, 0.2) is 10.8 Å². The Labute approximate surface area is 119 Å². The van der Waals surface area contributed by atoms with Crippen LogP contribution in [0.4, 0.5) is 0 Å². The zero-order valence-electron chi connectivity index (χ0n) is 11.1. The molecule has 0 unspecified atom stereocenters. The fourth-order valence-corrected chi connectivity index (χ4v) is 3.08. The van der Waals surface area contributed by atoms with Crippen molar-refractivity contribution in [2.75, 3.05) is 0 Å². The lowest BCUT2D eigenvalue weighted by molar-refractivity contribution is 0.0700. The number of furan rings is 1. The van der Waals surface area contributed by atoms with Crippen molar-refractivity contribution in [2.24, 2.45) is 0 Å². The Morgan fingerprint density at radius 1 is 1.35 bits per heavy atom. The molecule has 0 aliphatic heterocycles. The summed E-state index contributed by atoms with van der Waals surface area (Å²) in [5, 5.41) is 10.9. The van der Waals surface area contributed by atoms with Gasteiger partial charge in [-0.05, 0) is 18.1 Å². The van der Waals surface area contributed by atoms with Crippen molar-refractivity contribution in [1.29, 1.82) is 0 Å². The monoisotopic (exact) mass is 287 g/mol. The molecule has 3 rings (SSSR count). The largest absolute Gasteiger partial charge is 0.477 e. The van der Waals surface area contributed by atoms with Gasteiger partial charge in [-0.1, -0.05) is 32.0 Å². The minimum absolute atomic E-state index is 0.0653. The third-order valence-corrected chi connectivity index (χ3v) is 4.10. The maximum Gasteiger partial charge on any atom is 0.347 e. The molecule has 0 aliphatic rings. The Morgan fingerprint density at radius 3 is 2.70 bits per heavy atom. The molecule has 0 atom stereocenters. The number of para-hydroxylation sites is 1. The summed E-state index contributed by atoms with van der Waals surface area (Å²) >= 11 is 1.16. The van der Waals surface area contributed by atoms with Gasteiger partial charge < -0.3 is 9.52 Å². The lowest BCUT2D eigenvalue weighted by Gasteiger charge is -2.00. The number of carboxylic acid groups (broad SMARTS) is 1. The molecule has 0 spiro atoms. The average Bonchev–Trinajstić information content (AvgIpc) is 3.02. The van der Waals surface area contributed by atoms with Crippen LogP contribution in [0.3, 0.4) is 0 Å². The molecule has 0 saturated carbocycles. The van der Waals surface area contributed by atoms with Crippen LogP contribution in [-0.2, 0) is 0 Å². The van der Waals surface area contributed by atoms with Crippen LogP contribution in [-0.4, -0.2) is 16.1 Å². The summed E-state index contributed by atoms with van der Waals surface area (Å²) in [5.41, 5.74) is 1.39. The normalized spacial score (nSPS) is 11.3. The SMILES string of the molecule is CC(C)c1nc(-c2cc3ccccc3o2)sc1C(=O)O. The molecule has 2 aromatic heterocycles. The standard InChI is InChI=1S/C15H13NO3S/c1-8(2)12-13(15(17)18)20-14(16-12)11-7-9-5-3-4-6-10(9)19-11/h3-8H,1-2H3,(H,17,18). The predicted molar refractivity (Wildman–Crippen MR) is 78.4 cm³/mol. The highest BCUT2D eigenvalue weighted by atomic mass is 32.1. The second-order valence-electron chi connectivity index (χ2n) is 4.84. The van der Waals surface area contributed by atoms with Gasteiger partial charge in [0.25, 0.3) is 0 Å². The first-order valence-corrected chi connectivity index (χ1v) is 7.11. The van der Waals surface area contributed by atoms with Gasteiger partial charge in [-0.2, -0.15) is 0 Å². The molecule has 1 aromatic carbocycles. The number of carbonyl (C=O) groups is 1. The molecule has 5 heteroatoms. The Hall–Kier alpha value is -2.14. The molecular weight excluding hydrogens is 274 g/mol. The number of fused-ring (bicyclic) bond motifs is 1. The van der Waals surface area contributed by atoms with E-state index in [-0.39, 0.29) is 10.8 Å². The van der Waals surface area contributed by atoms with Gasteiger partial charge >= 0.3 is 5.97 Å². The van der Waals surface area contributed by atoms with E-state index in [0.29, 0.717) is 16.5 Å². The highest BCUT2D eigenvalue weighted by molar-refractivity contribution is 7.17. The van der Waals surface area contributed by atoms with Crippen molar-refractivity contribution in [2.45, 2.75) is 19.8 Å². The zero-order valence-corrected chi connectivity index (χ0v) is 11.9. The second kappa shape index (κ2) is 4.76. The van der Waals surface area contributed by atoms with E-state index in [2.05, 4.69) is 4.98 Å². The van der Waals surface area contributed by atoms with Gasteiger partial charge in [0, 0.05) is 5.39 Å². The van der Waals surface area contributed by atoms with Crippen LogP contribution in [0.25, 0.3) is 21.7 Å². The molecule has 4 nitrogen and oxygen atoms in total. The summed E-state index contributed by atoms with van der Waals surface area (Å²) < 4.78 is 5.74. The van der Waals surface area contributed by atoms with E-state index >= 15 is 0 Å². The first kappa shape index (κ1) is 12.9. The van der Waals surface area contributed by atoms with Crippen LogP contribution in [0.5, 0.6) is 0 Å². The first-order chi connectivity index (χ1) is 9.56. The van der Waals surface area contributed by atoms with Gasteiger partial charge in [-0.15, -0.1) is 11.3 Å². The fraction of sp³-hybridized carbons (Fsp3) is 0.200. The molecule has 0 fully saturated rings. The highest BCUT2D eigenvalue weighted by Crippen LogP contribution is 2.34. The van der Waals surface area contributed by atoms with Crippen LogP contribution in [0.1, 0.15) is 35.1 Å². The Bertz CT molecular complexity index is 752. The number of aromatic carboxylic acids is 1. The first-order valence-electron chi connectivity index (χ1n) is 6.29. The van der Waals surface area contributed by atoms with Crippen LogP contribution in [0, 0.1) is 0 Å². The predicted octanol–water partition coefficient (Wildman–Crippen LogP) is 4.38. The van der Waals surface area contributed by atoms with Crippen molar-refractivity contribution >= 4 is 28.3 Å². The van der Waals surface area contributed by atoms with Crippen LogP contribution in [0.15, 0.2) is 34.7 Å². The summed E-state index contributed by atoms with van der Waals surface area (Å²) in [5.74, 6) is -0.255. The summed E-state index contributed by atoms with van der Waals surface area (Å²) in [6, 6.07) is 9.57. The molecular formula is C15H13NO3S. The topological polar surface area (TPSA) is 63.3 Å². The molecule has 0 aliphatic carbocycles. The van der Waals surface area contributed by atoms with E-state index in [1.807, 2.05) is 44.2 Å².